The highest BCUT2D eigenvalue weighted by Gasteiger charge is 2.24. The number of hydrogen-bond acceptors (Lipinski definition) is 4. The summed E-state index contributed by atoms with van der Waals surface area (Å²) in [4.78, 5) is 12.8. The lowest BCUT2D eigenvalue weighted by atomic mass is 9.98. The van der Waals surface area contributed by atoms with E-state index < -0.39 is 23.6 Å². The molecule has 0 fully saturated rings. The molecule has 0 amide bonds. The van der Waals surface area contributed by atoms with Crippen LogP contribution in [0.2, 0.25) is 0 Å². The standard InChI is InChI=1S/C25H23FN2O3/c1-25(2,3)31-24(30)28-21-13-12-18(23(29)16-8-5-4-6-9-16)15-20(21)22(27-28)17-10-7-11-19(26)14-17/h4-15,23,29H,1-3H3. The topological polar surface area (TPSA) is 64.4 Å². The molecular formula is C25H23FN2O3. The van der Waals surface area contributed by atoms with Crippen LogP contribution in [-0.2, 0) is 4.74 Å². The molecule has 0 aliphatic rings. The van der Waals surface area contributed by atoms with Gasteiger partial charge in [-0.25, -0.2) is 9.18 Å². The summed E-state index contributed by atoms with van der Waals surface area (Å²) in [6, 6.07) is 20.5. The third kappa shape index (κ3) is 4.34. The molecular weight excluding hydrogens is 395 g/mol. The van der Waals surface area contributed by atoms with Crippen molar-refractivity contribution in [3.63, 3.8) is 0 Å². The van der Waals surface area contributed by atoms with Gasteiger partial charge in [0.1, 0.15) is 23.2 Å². The fourth-order valence-electron chi connectivity index (χ4n) is 3.43. The first-order valence-electron chi connectivity index (χ1n) is 9.98. The second-order valence-electron chi connectivity index (χ2n) is 8.34. The fourth-order valence-corrected chi connectivity index (χ4v) is 3.43. The Kier molecular flexibility index (Phi) is 5.33. The van der Waals surface area contributed by atoms with Crippen LogP contribution in [0, 0.1) is 5.82 Å². The molecule has 4 rings (SSSR count). The van der Waals surface area contributed by atoms with Gasteiger partial charge >= 0.3 is 6.09 Å². The van der Waals surface area contributed by atoms with E-state index in [1.807, 2.05) is 30.3 Å². The fraction of sp³-hybridized carbons (Fsp3) is 0.200. The molecule has 6 heteroatoms. The summed E-state index contributed by atoms with van der Waals surface area (Å²) in [5.74, 6) is -0.405. The number of hydrogen-bond donors (Lipinski definition) is 1. The Morgan fingerprint density at radius 3 is 2.42 bits per heavy atom. The molecule has 158 valence electrons. The molecule has 0 bridgehead atoms. The first-order chi connectivity index (χ1) is 14.7. The van der Waals surface area contributed by atoms with Crippen molar-refractivity contribution in [3.05, 3.63) is 89.7 Å². The van der Waals surface area contributed by atoms with Gasteiger partial charge in [-0.15, -0.1) is 0 Å². The van der Waals surface area contributed by atoms with E-state index in [4.69, 9.17) is 4.74 Å². The van der Waals surface area contributed by atoms with Crippen LogP contribution in [0.15, 0.2) is 72.8 Å². The van der Waals surface area contributed by atoms with E-state index >= 15 is 0 Å². The maximum Gasteiger partial charge on any atom is 0.435 e. The minimum Gasteiger partial charge on any atom is -0.442 e. The Bertz CT molecular complexity index is 1240. The highest BCUT2D eigenvalue weighted by molar-refractivity contribution is 5.98. The van der Waals surface area contributed by atoms with Crippen molar-refractivity contribution in [1.82, 2.24) is 9.78 Å². The molecule has 0 saturated carbocycles. The van der Waals surface area contributed by atoms with E-state index in [0.29, 0.717) is 27.7 Å². The van der Waals surface area contributed by atoms with E-state index in [1.54, 1.807) is 51.1 Å². The summed E-state index contributed by atoms with van der Waals surface area (Å²) in [5, 5.41) is 15.9. The number of nitrogens with zero attached hydrogens (tertiary/aromatic N) is 2. The maximum absolute atomic E-state index is 13.9. The number of aliphatic hydroxyl groups is 1. The van der Waals surface area contributed by atoms with E-state index in [9.17, 15) is 14.3 Å². The third-order valence-corrected chi connectivity index (χ3v) is 4.80. The lowest BCUT2D eigenvalue weighted by Gasteiger charge is -2.19. The van der Waals surface area contributed by atoms with Crippen LogP contribution in [0.1, 0.15) is 38.0 Å². The zero-order valence-corrected chi connectivity index (χ0v) is 17.5. The molecule has 1 heterocycles. The predicted molar refractivity (Wildman–Crippen MR) is 117 cm³/mol. The summed E-state index contributed by atoms with van der Waals surface area (Å²) in [6.45, 7) is 5.33. The maximum atomic E-state index is 13.9. The lowest BCUT2D eigenvalue weighted by molar-refractivity contribution is 0.0523. The van der Waals surface area contributed by atoms with Crippen molar-refractivity contribution in [2.24, 2.45) is 0 Å². The first kappa shape index (κ1) is 20.8. The van der Waals surface area contributed by atoms with E-state index in [2.05, 4.69) is 5.10 Å². The number of ether oxygens (including phenoxy) is 1. The van der Waals surface area contributed by atoms with Crippen LogP contribution in [0.5, 0.6) is 0 Å². The average Bonchev–Trinajstić information content (AvgIpc) is 3.12. The van der Waals surface area contributed by atoms with Gasteiger partial charge in [0.05, 0.1) is 5.52 Å². The van der Waals surface area contributed by atoms with Gasteiger partial charge in [-0.05, 0) is 56.2 Å². The molecule has 0 aliphatic heterocycles. The minimum atomic E-state index is -0.851. The monoisotopic (exact) mass is 418 g/mol. The van der Waals surface area contributed by atoms with Crippen LogP contribution in [-0.4, -0.2) is 26.6 Å². The van der Waals surface area contributed by atoms with Gasteiger partial charge in [0, 0.05) is 10.9 Å². The average molecular weight is 418 g/mol. The second kappa shape index (κ2) is 7.96. The smallest absolute Gasteiger partial charge is 0.435 e. The van der Waals surface area contributed by atoms with Crippen LogP contribution in [0.3, 0.4) is 0 Å². The van der Waals surface area contributed by atoms with Gasteiger partial charge in [0.25, 0.3) is 0 Å². The summed E-state index contributed by atoms with van der Waals surface area (Å²) in [7, 11) is 0. The van der Waals surface area contributed by atoms with Gasteiger partial charge in [-0.3, -0.25) is 0 Å². The van der Waals surface area contributed by atoms with Gasteiger partial charge in [-0.2, -0.15) is 9.78 Å². The molecule has 0 spiro atoms. The van der Waals surface area contributed by atoms with Crippen LogP contribution >= 0.6 is 0 Å². The predicted octanol–water partition coefficient (Wildman–Crippen LogP) is 5.71. The van der Waals surface area contributed by atoms with Crippen LogP contribution in [0.4, 0.5) is 9.18 Å². The van der Waals surface area contributed by atoms with Crippen LogP contribution in [0.25, 0.3) is 22.2 Å². The number of aliphatic hydroxyl groups excluding tert-OH is 1. The molecule has 1 aromatic heterocycles. The molecule has 1 unspecified atom stereocenters. The minimum absolute atomic E-state index is 0.405. The molecule has 0 radical (unpaired) electrons. The summed E-state index contributed by atoms with van der Waals surface area (Å²) < 4.78 is 20.6. The Hall–Kier alpha value is -3.51. The number of benzene rings is 3. The van der Waals surface area contributed by atoms with Gasteiger partial charge < -0.3 is 9.84 Å². The first-order valence-corrected chi connectivity index (χ1v) is 9.98. The van der Waals surface area contributed by atoms with Crippen molar-refractivity contribution in [3.8, 4) is 11.3 Å². The van der Waals surface area contributed by atoms with Crippen molar-refractivity contribution in [2.45, 2.75) is 32.5 Å². The number of halogens is 1. The summed E-state index contributed by atoms with van der Waals surface area (Å²) in [5.41, 5.74) is 2.16. The number of carbonyl (C=O) groups is 1. The lowest BCUT2D eigenvalue weighted by Crippen LogP contribution is -2.27. The highest BCUT2D eigenvalue weighted by atomic mass is 19.1. The number of rotatable bonds is 3. The Morgan fingerprint density at radius 2 is 1.74 bits per heavy atom. The largest absolute Gasteiger partial charge is 0.442 e. The normalized spacial score (nSPS) is 12.7. The SMILES string of the molecule is CC(C)(C)OC(=O)n1nc(-c2cccc(F)c2)c2cc(C(O)c3ccccc3)ccc21. The molecule has 3 aromatic carbocycles. The molecule has 31 heavy (non-hydrogen) atoms. The Balaban J connectivity index is 1.88. The molecule has 1 atom stereocenters. The van der Waals surface area contributed by atoms with E-state index in [-0.39, 0.29) is 0 Å². The Morgan fingerprint density at radius 1 is 1.00 bits per heavy atom. The number of aromatic nitrogens is 2. The second-order valence-corrected chi connectivity index (χ2v) is 8.34. The number of carbonyl (C=O) groups excluding carboxylic acids is 1. The third-order valence-electron chi connectivity index (χ3n) is 4.80. The molecule has 5 nitrogen and oxygen atoms in total. The Labute approximate surface area is 179 Å². The van der Waals surface area contributed by atoms with E-state index in [1.165, 1.54) is 16.8 Å². The summed E-state index contributed by atoms with van der Waals surface area (Å²) >= 11 is 0. The van der Waals surface area contributed by atoms with Gasteiger partial charge in [-0.1, -0.05) is 48.5 Å². The van der Waals surface area contributed by atoms with Crippen molar-refractivity contribution >= 4 is 17.0 Å². The highest BCUT2D eigenvalue weighted by Crippen LogP contribution is 2.32. The van der Waals surface area contributed by atoms with Gasteiger partial charge in [0.2, 0.25) is 0 Å². The number of fused-ring (bicyclic) bond motifs is 1. The van der Waals surface area contributed by atoms with Gasteiger partial charge in [0.15, 0.2) is 0 Å². The molecule has 0 aliphatic carbocycles. The zero-order chi connectivity index (χ0) is 22.2. The van der Waals surface area contributed by atoms with Crippen LogP contribution < -0.4 is 0 Å². The van der Waals surface area contributed by atoms with Crippen molar-refractivity contribution < 1.29 is 19.0 Å². The van der Waals surface area contributed by atoms with E-state index in [0.717, 1.165) is 5.56 Å². The zero-order valence-electron chi connectivity index (χ0n) is 17.5. The summed E-state index contributed by atoms with van der Waals surface area (Å²) in [6.07, 6.45) is -1.48. The quantitative estimate of drug-likeness (QED) is 0.463. The molecule has 1 N–H and O–H groups in total. The molecule has 0 saturated heterocycles. The van der Waals surface area contributed by atoms with Crippen molar-refractivity contribution in [1.29, 1.82) is 0 Å². The van der Waals surface area contributed by atoms with Crippen molar-refractivity contribution in [2.75, 3.05) is 0 Å². The molecule has 4 aromatic rings.